The first kappa shape index (κ1) is 14.9. The molecule has 0 aromatic heterocycles. The summed E-state index contributed by atoms with van der Waals surface area (Å²) >= 11 is 8.53. The predicted molar refractivity (Wildman–Crippen MR) is 94.7 cm³/mol. The Labute approximate surface area is 140 Å². The molecule has 2 unspecified atom stereocenters. The first-order valence-electron chi connectivity index (χ1n) is 7.52. The normalized spacial score (nSPS) is 27.1. The molecule has 0 N–H and O–H groups in total. The highest BCUT2D eigenvalue weighted by molar-refractivity contribution is 14.1. The molecule has 2 saturated heterocycles. The summed E-state index contributed by atoms with van der Waals surface area (Å²) in [5.41, 5.74) is 1.36. The van der Waals surface area contributed by atoms with E-state index in [0.717, 1.165) is 11.1 Å². The maximum absolute atomic E-state index is 6.11. The van der Waals surface area contributed by atoms with Crippen LogP contribution in [0.2, 0.25) is 5.02 Å². The Morgan fingerprint density at radius 3 is 2.80 bits per heavy atom. The molecule has 110 valence electrons. The fourth-order valence-corrected chi connectivity index (χ4v) is 4.79. The maximum Gasteiger partial charge on any atom is 0.0506 e. The van der Waals surface area contributed by atoms with Crippen LogP contribution < -0.4 is 4.90 Å². The van der Waals surface area contributed by atoms with Crippen LogP contribution in [0.1, 0.15) is 26.7 Å². The van der Waals surface area contributed by atoms with Crippen LogP contribution in [0, 0.1) is 9.49 Å². The Morgan fingerprint density at radius 2 is 2.10 bits per heavy atom. The lowest BCUT2D eigenvalue weighted by Gasteiger charge is -2.47. The van der Waals surface area contributed by atoms with Crippen LogP contribution in [0.15, 0.2) is 18.2 Å². The fraction of sp³-hybridized carbons (Fsp3) is 0.625. The summed E-state index contributed by atoms with van der Waals surface area (Å²) in [5.74, 6) is 0.669. The van der Waals surface area contributed by atoms with Crippen LogP contribution >= 0.6 is 34.2 Å². The lowest BCUT2D eigenvalue weighted by molar-refractivity contribution is 0.176. The van der Waals surface area contributed by atoms with Gasteiger partial charge in [0, 0.05) is 33.8 Å². The summed E-state index contributed by atoms with van der Waals surface area (Å²) in [6.07, 6.45) is 2.71. The second-order valence-corrected chi connectivity index (χ2v) is 7.95. The minimum Gasteiger partial charge on any atom is -0.365 e. The van der Waals surface area contributed by atoms with E-state index in [2.05, 4.69) is 58.4 Å². The van der Waals surface area contributed by atoms with Crippen LogP contribution in [0.25, 0.3) is 0 Å². The van der Waals surface area contributed by atoms with Crippen molar-refractivity contribution in [2.75, 3.05) is 24.5 Å². The van der Waals surface area contributed by atoms with Gasteiger partial charge in [-0.2, -0.15) is 0 Å². The van der Waals surface area contributed by atoms with E-state index in [9.17, 15) is 0 Å². The van der Waals surface area contributed by atoms with Crippen LogP contribution in [0.4, 0.5) is 5.69 Å². The van der Waals surface area contributed by atoms with Gasteiger partial charge in [-0.1, -0.05) is 25.4 Å². The van der Waals surface area contributed by atoms with E-state index >= 15 is 0 Å². The number of nitrogens with zero attached hydrogens (tertiary/aromatic N) is 2. The highest BCUT2D eigenvalue weighted by Gasteiger charge is 2.37. The van der Waals surface area contributed by atoms with Gasteiger partial charge >= 0.3 is 0 Å². The van der Waals surface area contributed by atoms with Gasteiger partial charge in [0.1, 0.15) is 0 Å². The molecule has 0 spiro atoms. The molecule has 2 aliphatic rings. The maximum atomic E-state index is 6.11. The Morgan fingerprint density at radius 1 is 1.30 bits per heavy atom. The van der Waals surface area contributed by atoms with Gasteiger partial charge in [0.25, 0.3) is 0 Å². The predicted octanol–water partition coefficient (Wildman–Crippen LogP) is 4.25. The third kappa shape index (κ3) is 2.81. The van der Waals surface area contributed by atoms with Crippen molar-refractivity contribution in [2.24, 2.45) is 5.92 Å². The minimum absolute atomic E-state index is 0.610. The van der Waals surface area contributed by atoms with Gasteiger partial charge in [0.05, 0.1) is 5.69 Å². The number of hydrogen-bond acceptors (Lipinski definition) is 2. The third-order valence-electron chi connectivity index (χ3n) is 4.72. The van der Waals surface area contributed by atoms with Gasteiger partial charge < -0.3 is 4.90 Å². The van der Waals surface area contributed by atoms with Gasteiger partial charge in [0.2, 0.25) is 0 Å². The zero-order valence-corrected chi connectivity index (χ0v) is 15.1. The zero-order valence-electron chi connectivity index (χ0n) is 12.1. The van der Waals surface area contributed by atoms with Crippen molar-refractivity contribution in [3.05, 3.63) is 26.8 Å². The highest BCUT2D eigenvalue weighted by atomic mass is 127. The van der Waals surface area contributed by atoms with E-state index in [0.29, 0.717) is 12.0 Å². The van der Waals surface area contributed by atoms with Crippen molar-refractivity contribution in [1.82, 2.24) is 4.90 Å². The minimum atomic E-state index is 0.610. The summed E-state index contributed by atoms with van der Waals surface area (Å²) in [7, 11) is 0. The molecule has 0 radical (unpaired) electrons. The first-order chi connectivity index (χ1) is 9.56. The fourth-order valence-electron chi connectivity index (χ4n) is 3.61. The molecule has 2 aliphatic heterocycles. The summed E-state index contributed by atoms with van der Waals surface area (Å²) < 4.78 is 1.27. The number of piperazine rings is 1. The number of anilines is 1. The molecule has 20 heavy (non-hydrogen) atoms. The summed E-state index contributed by atoms with van der Waals surface area (Å²) in [6, 6.07) is 7.66. The quantitative estimate of drug-likeness (QED) is 0.680. The number of rotatable bonds is 2. The molecule has 2 nitrogen and oxygen atoms in total. The standard InChI is InChI=1S/C16H22ClIN2/c1-11(2)16-10-19-7-3-4-13(19)9-20(16)15-6-5-12(17)8-14(15)18/h5-6,8,11,13,16H,3-4,7,9-10H2,1-2H3. The number of fused-ring (bicyclic) bond motifs is 1. The Bertz CT molecular complexity index is 491. The largest absolute Gasteiger partial charge is 0.365 e. The molecule has 2 heterocycles. The Kier molecular flexibility index (Phi) is 4.48. The van der Waals surface area contributed by atoms with Crippen molar-refractivity contribution in [2.45, 2.75) is 38.8 Å². The molecule has 3 rings (SSSR count). The van der Waals surface area contributed by atoms with Gasteiger partial charge in [-0.3, -0.25) is 4.90 Å². The molecule has 0 saturated carbocycles. The van der Waals surface area contributed by atoms with Crippen molar-refractivity contribution in [3.8, 4) is 0 Å². The molecular weight excluding hydrogens is 383 g/mol. The van der Waals surface area contributed by atoms with E-state index in [4.69, 9.17) is 11.6 Å². The molecule has 0 aliphatic carbocycles. The van der Waals surface area contributed by atoms with E-state index in [1.165, 1.54) is 41.7 Å². The van der Waals surface area contributed by atoms with Crippen LogP contribution in [-0.2, 0) is 0 Å². The Hall–Kier alpha value is -0.000000000000000111. The van der Waals surface area contributed by atoms with Gasteiger partial charge in [0.15, 0.2) is 0 Å². The van der Waals surface area contributed by atoms with E-state index in [1.807, 2.05) is 6.07 Å². The molecule has 2 atom stereocenters. The zero-order chi connectivity index (χ0) is 14.3. The summed E-state index contributed by atoms with van der Waals surface area (Å²) in [6.45, 7) is 8.36. The molecule has 4 heteroatoms. The average Bonchev–Trinajstić information content (AvgIpc) is 2.84. The van der Waals surface area contributed by atoms with E-state index in [1.54, 1.807) is 0 Å². The lowest BCUT2D eigenvalue weighted by Crippen LogP contribution is -2.58. The van der Waals surface area contributed by atoms with Crippen molar-refractivity contribution in [3.63, 3.8) is 0 Å². The molecule has 1 aromatic rings. The molecular formula is C16H22ClIN2. The monoisotopic (exact) mass is 404 g/mol. The summed E-state index contributed by atoms with van der Waals surface area (Å²) in [4.78, 5) is 5.33. The smallest absolute Gasteiger partial charge is 0.0506 e. The summed E-state index contributed by atoms with van der Waals surface area (Å²) in [5, 5.41) is 0.832. The van der Waals surface area contributed by atoms with E-state index in [-0.39, 0.29) is 0 Å². The number of halogens is 2. The Balaban J connectivity index is 1.91. The second-order valence-electron chi connectivity index (χ2n) is 6.35. The van der Waals surface area contributed by atoms with Crippen molar-refractivity contribution < 1.29 is 0 Å². The first-order valence-corrected chi connectivity index (χ1v) is 8.97. The molecule has 2 fully saturated rings. The number of benzene rings is 1. The average molecular weight is 405 g/mol. The third-order valence-corrected chi connectivity index (χ3v) is 5.82. The van der Waals surface area contributed by atoms with Gasteiger partial charge in [-0.05, 0) is 66.1 Å². The number of hydrogen-bond donors (Lipinski definition) is 0. The SMILES string of the molecule is CC(C)C1CN2CCCC2CN1c1ccc(Cl)cc1I. The van der Waals surface area contributed by atoms with Gasteiger partial charge in [-0.15, -0.1) is 0 Å². The van der Waals surface area contributed by atoms with Gasteiger partial charge in [-0.25, -0.2) is 0 Å². The van der Waals surface area contributed by atoms with Crippen LogP contribution in [0.5, 0.6) is 0 Å². The van der Waals surface area contributed by atoms with Crippen LogP contribution in [-0.4, -0.2) is 36.6 Å². The highest BCUT2D eigenvalue weighted by Crippen LogP contribution is 2.34. The van der Waals surface area contributed by atoms with Crippen molar-refractivity contribution >= 4 is 39.9 Å². The molecule has 1 aromatic carbocycles. The molecule has 0 bridgehead atoms. The lowest BCUT2D eigenvalue weighted by atomic mass is 9.96. The van der Waals surface area contributed by atoms with Crippen molar-refractivity contribution in [1.29, 1.82) is 0 Å². The van der Waals surface area contributed by atoms with Crippen LogP contribution in [0.3, 0.4) is 0 Å². The van der Waals surface area contributed by atoms with E-state index < -0.39 is 0 Å². The molecule has 0 amide bonds. The topological polar surface area (TPSA) is 6.48 Å². The second kappa shape index (κ2) is 6.01.